The summed E-state index contributed by atoms with van der Waals surface area (Å²) in [6.07, 6.45) is 2.58. The fourth-order valence-corrected chi connectivity index (χ4v) is 3.62. The number of rotatable bonds is 7. The Hall–Kier alpha value is -1.14. The van der Waals surface area contributed by atoms with Crippen LogP contribution in [0.2, 0.25) is 5.02 Å². The highest BCUT2D eigenvalue weighted by atomic mass is 35.5. The largest absolute Gasteiger partial charge is 0.346 e. The highest BCUT2D eigenvalue weighted by Crippen LogP contribution is 2.31. The molecule has 1 saturated carbocycles. The van der Waals surface area contributed by atoms with Gasteiger partial charge in [-0.25, -0.2) is 4.98 Å². The van der Waals surface area contributed by atoms with Gasteiger partial charge in [-0.15, -0.1) is 23.7 Å². The van der Waals surface area contributed by atoms with Gasteiger partial charge in [0, 0.05) is 15.5 Å². The van der Waals surface area contributed by atoms with Gasteiger partial charge in [0.05, 0.1) is 18.3 Å². The first kappa shape index (κ1) is 20.2. The molecule has 1 aromatic heterocycles. The van der Waals surface area contributed by atoms with Crippen LogP contribution in [0.4, 0.5) is 0 Å². The normalized spacial score (nSPS) is 14.7. The monoisotopic (exact) mass is 399 g/mol. The molecule has 1 amide bonds. The molecule has 4 nitrogen and oxygen atoms in total. The number of amides is 1. The molecule has 1 aromatic carbocycles. The molecule has 0 radical (unpaired) electrons. The van der Waals surface area contributed by atoms with E-state index < -0.39 is 0 Å². The van der Waals surface area contributed by atoms with Gasteiger partial charge in [0.15, 0.2) is 0 Å². The number of benzene rings is 1. The van der Waals surface area contributed by atoms with E-state index in [0.29, 0.717) is 11.6 Å². The SMILES string of the molecule is Cc1sc(C(C)NC(=O)CNCC2CC2)nc1-c1ccc(Cl)cc1.Cl. The Bertz CT molecular complexity index is 714. The fourth-order valence-electron chi connectivity index (χ4n) is 2.54. The predicted molar refractivity (Wildman–Crippen MR) is 107 cm³/mol. The minimum absolute atomic E-state index is 0. The van der Waals surface area contributed by atoms with Crippen LogP contribution in [0.5, 0.6) is 0 Å². The topological polar surface area (TPSA) is 54.0 Å². The molecule has 0 aliphatic heterocycles. The van der Waals surface area contributed by atoms with Crippen molar-refractivity contribution in [1.29, 1.82) is 0 Å². The maximum atomic E-state index is 12.0. The zero-order chi connectivity index (χ0) is 17.1. The first-order valence-corrected chi connectivity index (χ1v) is 9.45. The summed E-state index contributed by atoms with van der Waals surface area (Å²) < 4.78 is 0. The van der Waals surface area contributed by atoms with Crippen molar-refractivity contribution in [2.75, 3.05) is 13.1 Å². The van der Waals surface area contributed by atoms with Crippen molar-refractivity contribution < 1.29 is 4.79 Å². The lowest BCUT2D eigenvalue weighted by molar-refractivity contribution is -0.120. The lowest BCUT2D eigenvalue weighted by Crippen LogP contribution is -2.36. The van der Waals surface area contributed by atoms with E-state index in [9.17, 15) is 4.79 Å². The van der Waals surface area contributed by atoms with Gasteiger partial charge >= 0.3 is 0 Å². The number of aromatic nitrogens is 1. The van der Waals surface area contributed by atoms with Crippen LogP contribution in [-0.4, -0.2) is 24.0 Å². The average Bonchev–Trinajstić information content (AvgIpc) is 3.28. The summed E-state index contributed by atoms with van der Waals surface area (Å²) in [4.78, 5) is 17.9. The van der Waals surface area contributed by atoms with Gasteiger partial charge in [-0.1, -0.05) is 23.7 Å². The Labute approximate surface area is 163 Å². The number of nitrogens with zero attached hydrogens (tertiary/aromatic N) is 1. The predicted octanol–water partition coefficient (Wildman–Crippen LogP) is 4.37. The molecule has 1 aliphatic carbocycles. The highest BCUT2D eigenvalue weighted by Gasteiger charge is 2.21. The Morgan fingerprint density at radius 2 is 2.04 bits per heavy atom. The van der Waals surface area contributed by atoms with E-state index >= 15 is 0 Å². The van der Waals surface area contributed by atoms with Gasteiger partial charge in [-0.3, -0.25) is 4.79 Å². The number of thiazole rings is 1. The van der Waals surface area contributed by atoms with Crippen molar-refractivity contribution in [2.45, 2.75) is 32.7 Å². The number of nitrogens with one attached hydrogen (secondary N) is 2. The Kier molecular flexibility index (Phi) is 7.25. The van der Waals surface area contributed by atoms with Gasteiger partial charge in [-0.05, 0) is 51.3 Å². The van der Waals surface area contributed by atoms with Gasteiger partial charge in [0.2, 0.25) is 5.91 Å². The quantitative estimate of drug-likeness (QED) is 0.726. The minimum atomic E-state index is -0.0926. The number of hydrogen-bond donors (Lipinski definition) is 2. The van der Waals surface area contributed by atoms with Crippen molar-refractivity contribution in [3.63, 3.8) is 0 Å². The first-order chi connectivity index (χ1) is 11.5. The van der Waals surface area contributed by atoms with E-state index in [1.54, 1.807) is 11.3 Å². The van der Waals surface area contributed by atoms with Crippen LogP contribution >= 0.6 is 35.3 Å². The minimum Gasteiger partial charge on any atom is -0.346 e. The second-order valence-corrected chi connectivity index (χ2v) is 8.00. The second kappa shape index (κ2) is 8.99. The average molecular weight is 400 g/mol. The summed E-state index contributed by atoms with van der Waals surface area (Å²) in [6.45, 7) is 5.34. The van der Waals surface area contributed by atoms with Gasteiger partial charge in [0.25, 0.3) is 0 Å². The van der Waals surface area contributed by atoms with Crippen LogP contribution in [0.25, 0.3) is 11.3 Å². The smallest absolute Gasteiger partial charge is 0.234 e. The van der Waals surface area contributed by atoms with Gasteiger partial charge in [-0.2, -0.15) is 0 Å². The van der Waals surface area contributed by atoms with Crippen LogP contribution in [0, 0.1) is 12.8 Å². The molecule has 2 aromatic rings. The maximum absolute atomic E-state index is 12.0. The third-order valence-corrected chi connectivity index (χ3v) is 5.50. The standard InChI is InChI=1S/C18H22ClN3OS.ClH/c1-11(21-16(23)10-20-9-13-3-4-13)18-22-17(12(2)24-18)14-5-7-15(19)8-6-14;/h5-8,11,13,20H,3-4,9-10H2,1-2H3,(H,21,23);1H. The third kappa shape index (κ3) is 5.68. The molecule has 1 unspecified atom stereocenters. The number of carbonyl (C=O) groups is 1. The van der Waals surface area contributed by atoms with Gasteiger partial charge in [0.1, 0.15) is 5.01 Å². The Balaban J connectivity index is 0.00000225. The molecule has 25 heavy (non-hydrogen) atoms. The summed E-state index contributed by atoms with van der Waals surface area (Å²) in [5.41, 5.74) is 2.00. The highest BCUT2D eigenvalue weighted by molar-refractivity contribution is 7.12. The summed E-state index contributed by atoms with van der Waals surface area (Å²) in [5, 5.41) is 7.87. The molecule has 1 aliphatic rings. The zero-order valence-corrected chi connectivity index (χ0v) is 16.7. The molecular weight excluding hydrogens is 377 g/mol. The van der Waals surface area contributed by atoms with E-state index in [1.807, 2.05) is 31.2 Å². The van der Waals surface area contributed by atoms with Crippen molar-refractivity contribution in [3.8, 4) is 11.3 Å². The number of carbonyl (C=O) groups excluding carboxylic acids is 1. The van der Waals surface area contributed by atoms with Crippen LogP contribution in [0.3, 0.4) is 0 Å². The van der Waals surface area contributed by atoms with E-state index in [4.69, 9.17) is 16.6 Å². The van der Waals surface area contributed by atoms with Crippen molar-refractivity contribution in [3.05, 3.63) is 39.2 Å². The summed E-state index contributed by atoms with van der Waals surface area (Å²) in [6, 6.07) is 7.58. The molecule has 1 fully saturated rings. The van der Waals surface area contributed by atoms with E-state index in [1.165, 1.54) is 12.8 Å². The molecule has 0 saturated heterocycles. The third-order valence-electron chi connectivity index (χ3n) is 4.09. The summed E-state index contributed by atoms with van der Waals surface area (Å²) in [7, 11) is 0. The van der Waals surface area contributed by atoms with Crippen LogP contribution in [0.1, 0.15) is 35.7 Å². The number of hydrogen-bond acceptors (Lipinski definition) is 4. The summed E-state index contributed by atoms with van der Waals surface area (Å²) in [5.74, 6) is 0.794. The van der Waals surface area contributed by atoms with E-state index in [-0.39, 0.29) is 24.4 Å². The molecule has 2 N–H and O–H groups in total. The first-order valence-electron chi connectivity index (χ1n) is 8.26. The lowest BCUT2D eigenvalue weighted by Gasteiger charge is -2.11. The van der Waals surface area contributed by atoms with E-state index in [2.05, 4.69) is 17.6 Å². The molecule has 0 spiro atoms. The fraction of sp³-hybridized carbons (Fsp3) is 0.444. The molecular formula is C18H23Cl2N3OS. The van der Waals surface area contributed by atoms with Crippen molar-refractivity contribution >= 4 is 41.3 Å². The van der Waals surface area contributed by atoms with Gasteiger partial charge < -0.3 is 10.6 Å². The molecule has 1 atom stereocenters. The molecule has 0 bridgehead atoms. The number of halogens is 2. The second-order valence-electron chi connectivity index (χ2n) is 6.33. The Morgan fingerprint density at radius 1 is 1.36 bits per heavy atom. The molecule has 7 heteroatoms. The van der Waals surface area contributed by atoms with Crippen LogP contribution in [0.15, 0.2) is 24.3 Å². The molecule has 3 rings (SSSR count). The summed E-state index contributed by atoms with van der Waals surface area (Å²) >= 11 is 7.57. The molecule has 136 valence electrons. The van der Waals surface area contributed by atoms with E-state index in [0.717, 1.165) is 33.6 Å². The lowest BCUT2D eigenvalue weighted by atomic mass is 10.1. The Morgan fingerprint density at radius 3 is 2.68 bits per heavy atom. The maximum Gasteiger partial charge on any atom is 0.234 e. The van der Waals surface area contributed by atoms with Crippen molar-refractivity contribution in [2.24, 2.45) is 5.92 Å². The number of aryl methyl sites for hydroxylation is 1. The molecule has 1 heterocycles. The van der Waals surface area contributed by atoms with Crippen LogP contribution in [-0.2, 0) is 4.79 Å². The van der Waals surface area contributed by atoms with Crippen LogP contribution < -0.4 is 10.6 Å². The van der Waals surface area contributed by atoms with Crippen molar-refractivity contribution in [1.82, 2.24) is 15.6 Å². The zero-order valence-electron chi connectivity index (χ0n) is 14.3.